The zero-order chi connectivity index (χ0) is 14.0. The third-order valence-corrected chi connectivity index (χ3v) is 2.98. The number of hydrogen-bond donors (Lipinski definition) is 2. The van der Waals surface area contributed by atoms with E-state index in [4.69, 9.17) is 10.5 Å². The summed E-state index contributed by atoms with van der Waals surface area (Å²) in [5.41, 5.74) is 5.75. The number of carbonyl (C=O) groups is 2. The average Bonchev–Trinajstić information content (AvgIpc) is 2.35. The SMILES string of the molecule is COCCNC(=O)CN(C)C(=O)[C@H](N)CCSC. The normalized spacial score (nSPS) is 12.0. The largest absolute Gasteiger partial charge is 0.383 e. The smallest absolute Gasteiger partial charge is 0.239 e. The molecule has 0 fully saturated rings. The molecule has 0 aromatic carbocycles. The Labute approximate surface area is 113 Å². The molecule has 2 amide bonds. The van der Waals surface area contributed by atoms with Gasteiger partial charge < -0.3 is 20.7 Å². The third kappa shape index (κ3) is 7.52. The Morgan fingerprint density at radius 2 is 2.17 bits per heavy atom. The molecule has 0 saturated heterocycles. The zero-order valence-corrected chi connectivity index (χ0v) is 12.1. The van der Waals surface area contributed by atoms with E-state index in [-0.39, 0.29) is 18.4 Å². The van der Waals surface area contributed by atoms with Crippen LogP contribution in [0.4, 0.5) is 0 Å². The Hall–Kier alpha value is -0.790. The molecule has 0 saturated carbocycles. The monoisotopic (exact) mass is 277 g/mol. The van der Waals surface area contributed by atoms with Crippen molar-refractivity contribution in [2.45, 2.75) is 12.5 Å². The van der Waals surface area contributed by atoms with Crippen LogP contribution in [-0.4, -0.2) is 68.6 Å². The molecular weight excluding hydrogens is 254 g/mol. The molecule has 0 spiro atoms. The molecule has 7 heteroatoms. The second-order valence-corrected chi connectivity index (χ2v) is 4.91. The van der Waals surface area contributed by atoms with E-state index in [1.165, 1.54) is 4.90 Å². The van der Waals surface area contributed by atoms with Crippen molar-refractivity contribution >= 4 is 23.6 Å². The second kappa shape index (κ2) is 10.2. The van der Waals surface area contributed by atoms with E-state index < -0.39 is 6.04 Å². The van der Waals surface area contributed by atoms with Gasteiger partial charge in [0.2, 0.25) is 11.8 Å². The summed E-state index contributed by atoms with van der Waals surface area (Å²) < 4.78 is 4.81. The van der Waals surface area contributed by atoms with Crippen LogP contribution in [0.1, 0.15) is 6.42 Å². The van der Waals surface area contributed by atoms with Crippen molar-refractivity contribution in [1.82, 2.24) is 10.2 Å². The van der Waals surface area contributed by atoms with Gasteiger partial charge in [0.15, 0.2) is 0 Å². The van der Waals surface area contributed by atoms with Crippen molar-refractivity contribution in [2.75, 3.05) is 45.9 Å². The van der Waals surface area contributed by atoms with Gasteiger partial charge in [0.05, 0.1) is 19.2 Å². The Morgan fingerprint density at radius 1 is 1.50 bits per heavy atom. The lowest BCUT2D eigenvalue weighted by Crippen LogP contribution is -2.46. The molecule has 0 aromatic heterocycles. The average molecular weight is 277 g/mol. The molecule has 0 heterocycles. The van der Waals surface area contributed by atoms with Gasteiger partial charge >= 0.3 is 0 Å². The van der Waals surface area contributed by atoms with E-state index in [1.54, 1.807) is 25.9 Å². The summed E-state index contributed by atoms with van der Waals surface area (Å²) in [7, 11) is 3.14. The minimum atomic E-state index is -0.533. The maximum absolute atomic E-state index is 11.8. The molecule has 0 aromatic rings. The topological polar surface area (TPSA) is 84.7 Å². The number of nitrogens with two attached hydrogens (primary N) is 1. The number of hydrogen-bond acceptors (Lipinski definition) is 5. The standard InChI is InChI=1S/C11H23N3O3S/c1-14(8-10(15)13-5-6-17-2)11(16)9(12)4-7-18-3/h9H,4-8,12H2,1-3H3,(H,13,15)/t9-/m1/s1. The van der Waals surface area contributed by atoms with Crippen LogP contribution in [-0.2, 0) is 14.3 Å². The summed E-state index contributed by atoms with van der Waals surface area (Å²) in [6.45, 7) is 0.919. The van der Waals surface area contributed by atoms with Crippen LogP contribution in [0.25, 0.3) is 0 Å². The second-order valence-electron chi connectivity index (χ2n) is 3.93. The molecule has 3 N–H and O–H groups in total. The minimum Gasteiger partial charge on any atom is -0.383 e. The fraction of sp³-hybridized carbons (Fsp3) is 0.818. The van der Waals surface area contributed by atoms with Crippen LogP contribution in [0.2, 0.25) is 0 Å². The lowest BCUT2D eigenvalue weighted by atomic mass is 10.2. The highest BCUT2D eigenvalue weighted by Gasteiger charge is 2.19. The zero-order valence-electron chi connectivity index (χ0n) is 11.3. The van der Waals surface area contributed by atoms with E-state index in [1.807, 2.05) is 6.26 Å². The highest BCUT2D eigenvalue weighted by molar-refractivity contribution is 7.98. The Bertz CT molecular complexity index is 264. The molecule has 106 valence electrons. The van der Waals surface area contributed by atoms with Gasteiger partial charge in [-0.2, -0.15) is 11.8 Å². The van der Waals surface area contributed by atoms with E-state index in [0.717, 1.165) is 5.75 Å². The van der Waals surface area contributed by atoms with E-state index in [2.05, 4.69) is 5.32 Å². The van der Waals surface area contributed by atoms with Crippen LogP contribution in [0, 0.1) is 0 Å². The number of thioether (sulfide) groups is 1. The molecule has 0 rings (SSSR count). The predicted molar refractivity (Wildman–Crippen MR) is 73.5 cm³/mol. The van der Waals surface area contributed by atoms with Crippen LogP contribution >= 0.6 is 11.8 Å². The lowest BCUT2D eigenvalue weighted by molar-refractivity contribution is -0.135. The fourth-order valence-corrected chi connectivity index (χ4v) is 1.78. The molecular formula is C11H23N3O3S. The Balaban J connectivity index is 3.95. The van der Waals surface area contributed by atoms with Crippen LogP contribution in [0.3, 0.4) is 0 Å². The van der Waals surface area contributed by atoms with E-state index >= 15 is 0 Å². The quantitative estimate of drug-likeness (QED) is 0.544. The van der Waals surface area contributed by atoms with Crippen LogP contribution in [0.15, 0.2) is 0 Å². The molecule has 0 aliphatic heterocycles. The molecule has 1 atom stereocenters. The van der Waals surface area contributed by atoms with Gasteiger partial charge in [-0.3, -0.25) is 9.59 Å². The van der Waals surface area contributed by atoms with Crippen molar-refractivity contribution in [3.8, 4) is 0 Å². The van der Waals surface area contributed by atoms with Gasteiger partial charge in [-0.1, -0.05) is 0 Å². The van der Waals surface area contributed by atoms with E-state index in [0.29, 0.717) is 19.6 Å². The number of nitrogens with zero attached hydrogens (tertiary/aromatic N) is 1. The highest BCUT2D eigenvalue weighted by atomic mass is 32.2. The summed E-state index contributed by atoms with van der Waals surface area (Å²) in [5, 5.41) is 2.65. The first-order valence-corrected chi connectivity index (χ1v) is 7.17. The molecule has 6 nitrogen and oxygen atoms in total. The van der Waals surface area contributed by atoms with Crippen molar-refractivity contribution in [3.63, 3.8) is 0 Å². The predicted octanol–water partition coefficient (Wildman–Crippen LogP) is -0.712. The maximum atomic E-state index is 11.8. The van der Waals surface area contributed by atoms with Gasteiger partial charge in [0, 0.05) is 20.7 Å². The van der Waals surface area contributed by atoms with Gasteiger partial charge in [-0.25, -0.2) is 0 Å². The van der Waals surface area contributed by atoms with Crippen LogP contribution < -0.4 is 11.1 Å². The lowest BCUT2D eigenvalue weighted by Gasteiger charge is -2.20. The number of carbonyl (C=O) groups excluding carboxylic acids is 2. The van der Waals surface area contributed by atoms with Gasteiger partial charge in [-0.15, -0.1) is 0 Å². The van der Waals surface area contributed by atoms with Crippen molar-refractivity contribution < 1.29 is 14.3 Å². The molecule has 0 aliphatic rings. The number of ether oxygens (including phenoxy) is 1. The van der Waals surface area contributed by atoms with Crippen LogP contribution in [0.5, 0.6) is 0 Å². The van der Waals surface area contributed by atoms with Gasteiger partial charge in [0.25, 0.3) is 0 Å². The Kier molecular flexibility index (Phi) is 9.72. The number of likely N-dealkylation sites (N-methyl/N-ethyl adjacent to an activating group) is 1. The highest BCUT2D eigenvalue weighted by Crippen LogP contribution is 2.01. The molecule has 18 heavy (non-hydrogen) atoms. The number of rotatable bonds is 9. The molecule has 0 aliphatic carbocycles. The molecule has 0 bridgehead atoms. The van der Waals surface area contributed by atoms with E-state index in [9.17, 15) is 9.59 Å². The number of methoxy groups -OCH3 is 1. The minimum absolute atomic E-state index is 0.0233. The van der Waals surface area contributed by atoms with Crippen molar-refractivity contribution in [3.05, 3.63) is 0 Å². The Morgan fingerprint density at radius 3 is 2.72 bits per heavy atom. The first kappa shape index (κ1) is 17.2. The summed E-state index contributed by atoms with van der Waals surface area (Å²) in [5.74, 6) is 0.423. The molecule has 0 unspecified atom stereocenters. The number of amides is 2. The summed E-state index contributed by atoms with van der Waals surface area (Å²) in [4.78, 5) is 24.6. The maximum Gasteiger partial charge on any atom is 0.239 e. The molecule has 0 radical (unpaired) electrons. The van der Waals surface area contributed by atoms with Gasteiger partial charge in [0.1, 0.15) is 0 Å². The van der Waals surface area contributed by atoms with Gasteiger partial charge in [-0.05, 0) is 18.4 Å². The van der Waals surface area contributed by atoms with Crippen molar-refractivity contribution in [1.29, 1.82) is 0 Å². The summed E-state index contributed by atoms with van der Waals surface area (Å²) >= 11 is 1.64. The number of nitrogens with one attached hydrogen (secondary N) is 1. The third-order valence-electron chi connectivity index (χ3n) is 2.34. The summed E-state index contributed by atoms with van der Waals surface area (Å²) in [6.07, 6.45) is 2.58. The summed E-state index contributed by atoms with van der Waals surface area (Å²) in [6, 6.07) is -0.533. The fourth-order valence-electron chi connectivity index (χ4n) is 1.29. The first-order valence-electron chi connectivity index (χ1n) is 5.78. The first-order chi connectivity index (χ1) is 8.52. The van der Waals surface area contributed by atoms with Crippen molar-refractivity contribution in [2.24, 2.45) is 5.73 Å².